The lowest BCUT2D eigenvalue weighted by Crippen LogP contribution is -2.09. The van der Waals surface area contributed by atoms with Gasteiger partial charge in [0.15, 0.2) is 5.58 Å². The molecule has 1 aliphatic carbocycles. The molecule has 0 N–H and O–H groups in total. The van der Waals surface area contributed by atoms with Crippen molar-refractivity contribution in [2.75, 3.05) is 0 Å². The number of alkyl halides is 1. The Kier molecular flexibility index (Phi) is 3.67. The molecular weight excluding hydrogens is 312 g/mol. The molecule has 1 aromatic carbocycles. The first-order chi connectivity index (χ1) is 8.75. The Morgan fingerprint density at radius 1 is 1.17 bits per heavy atom. The third kappa shape index (κ3) is 2.33. The molecule has 2 unspecified atom stereocenters. The number of furan rings is 1. The van der Waals surface area contributed by atoms with Crippen molar-refractivity contribution >= 4 is 38.5 Å². The van der Waals surface area contributed by atoms with Crippen LogP contribution >= 0.6 is 27.5 Å². The van der Waals surface area contributed by atoms with Gasteiger partial charge in [-0.3, -0.25) is 0 Å². The highest BCUT2D eigenvalue weighted by Crippen LogP contribution is 2.39. The van der Waals surface area contributed by atoms with Gasteiger partial charge in [-0.1, -0.05) is 58.9 Å². The molecule has 1 aromatic heterocycles. The summed E-state index contributed by atoms with van der Waals surface area (Å²) in [7, 11) is 0. The van der Waals surface area contributed by atoms with Gasteiger partial charge in [-0.05, 0) is 25.0 Å². The number of para-hydroxylation sites is 1. The monoisotopic (exact) mass is 326 g/mol. The molecule has 2 aromatic rings. The molecule has 0 aliphatic heterocycles. The van der Waals surface area contributed by atoms with E-state index in [1.165, 1.54) is 32.1 Å². The van der Waals surface area contributed by atoms with Crippen LogP contribution in [0.1, 0.15) is 43.8 Å². The van der Waals surface area contributed by atoms with Gasteiger partial charge in [0.1, 0.15) is 5.76 Å². The Hall–Kier alpha value is -0.470. The van der Waals surface area contributed by atoms with Crippen LogP contribution in [0.25, 0.3) is 11.0 Å². The highest BCUT2D eigenvalue weighted by atomic mass is 79.9. The van der Waals surface area contributed by atoms with E-state index in [1.54, 1.807) is 0 Å². The van der Waals surface area contributed by atoms with E-state index in [1.807, 2.05) is 12.1 Å². The Bertz CT molecular complexity index is 548. The average molecular weight is 328 g/mol. The van der Waals surface area contributed by atoms with Gasteiger partial charge in [-0.15, -0.1) is 0 Å². The maximum Gasteiger partial charge on any atom is 0.152 e. The maximum absolute atomic E-state index is 6.17. The summed E-state index contributed by atoms with van der Waals surface area (Å²) < 4.78 is 6.00. The van der Waals surface area contributed by atoms with Gasteiger partial charge in [0.25, 0.3) is 0 Å². The van der Waals surface area contributed by atoms with E-state index < -0.39 is 0 Å². The number of hydrogen-bond acceptors (Lipinski definition) is 1. The number of halogens is 2. The predicted molar refractivity (Wildman–Crippen MR) is 79.8 cm³/mol. The van der Waals surface area contributed by atoms with Crippen LogP contribution in [-0.4, -0.2) is 4.83 Å². The van der Waals surface area contributed by atoms with Gasteiger partial charge >= 0.3 is 0 Å². The molecule has 1 fully saturated rings. The van der Waals surface area contributed by atoms with E-state index in [0.29, 0.717) is 15.8 Å². The average Bonchev–Trinajstić information content (AvgIpc) is 2.67. The molecule has 3 rings (SSSR count). The standard InChI is InChI=1S/C15H16BrClO/c16-12-7-3-1-2-6-11(12)14-9-10-5-4-8-13(17)15(10)18-14/h4-5,8-9,11-12H,1-3,6-7H2. The Balaban J connectivity index is 2.00. The molecule has 3 heteroatoms. The van der Waals surface area contributed by atoms with Crippen molar-refractivity contribution < 1.29 is 4.42 Å². The first-order valence-electron chi connectivity index (χ1n) is 6.58. The fraction of sp³-hybridized carbons (Fsp3) is 0.467. The molecule has 1 aliphatic rings. The molecule has 0 amide bonds. The SMILES string of the molecule is Clc1cccc2cc(C3CCCCCC3Br)oc12. The minimum atomic E-state index is 0.482. The van der Waals surface area contributed by atoms with Crippen LogP contribution in [0, 0.1) is 0 Å². The van der Waals surface area contributed by atoms with Crippen LogP contribution in [0.5, 0.6) is 0 Å². The molecule has 18 heavy (non-hydrogen) atoms. The topological polar surface area (TPSA) is 13.1 Å². The number of hydrogen-bond donors (Lipinski definition) is 0. The van der Waals surface area contributed by atoms with Crippen LogP contribution in [0.4, 0.5) is 0 Å². The van der Waals surface area contributed by atoms with Gasteiger partial charge in [-0.2, -0.15) is 0 Å². The summed E-state index contributed by atoms with van der Waals surface area (Å²) in [6.45, 7) is 0. The number of benzene rings is 1. The lowest BCUT2D eigenvalue weighted by Gasteiger charge is -2.16. The van der Waals surface area contributed by atoms with Crippen LogP contribution in [0.2, 0.25) is 5.02 Å². The van der Waals surface area contributed by atoms with Gasteiger partial charge in [0.2, 0.25) is 0 Å². The molecule has 0 bridgehead atoms. The van der Waals surface area contributed by atoms with Crippen molar-refractivity contribution in [3.05, 3.63) is 35.0 Å². The molecule has 0 spiro atoms. The Morgan fingerprint density at radius 3 is 2.83 bits per heavy atom. The lowest BCUT2D eigenvalue weighted by molar-refractivity contribution is 0.465. The molecule has 0 saturated heterocycles. The Morgan fingerprint density at radius 2 is 2.00 bits per heavy atom. The van der Waals surface area contributed by atoms with Crippen molar-refractivity contribution in [2.45, 2.75) is 42.8 Å². The summed E-state index contributed by atoms with van der Waals surface area (Å²) >= 11 is 10.00. The second-order valence-electron chi connectivity index (χ2n) is 5.07. The summed E-state index contributed by atoms with van der Waals surface area (Å²) in [5.41, 5.74) is 0.832. The zero-order valence-electron chi connectivity index (χ0n) is 10.2. The normalized spacial score (nSPS) is 25.2. The van der Waals surface area contributed by atoms with Crippen LogP contribution < -0.4 is 0 Å². The first-order valence-corrected chi connectivity index (χ1v) is 7.87. The molecule has 1 nitrogen and oxygen atoms in total. The third-order valence-electron chi connectivity index (χ3n) is 3.81. The van der Waals surface area contributed by atoms with Gasteiger partial charge in [0.05, 0.1) is 5.02 Å². The van der Waals surface area contributed by atoms with E-state index in [9.17, 15) is 0 Å². The smallest absolute Gasteiger partial charge is 0.152 e. The molecule has 2 atom stereocenters. The second kappa shape index (κ2) is 5.26. The van der Waals surface area contributed by atoms with Crippen molar-refractivity contribution in [2.24, 2.45) is 0 Å². The van der Waals surface area contributed by atoms with E-state index in [4.69, 9.17) is 16.0 Å². The van der Waals surface area contributed by atoms with Gasteiger partial charge < -0.3 is 4.42 Å². The highest BCUT2D eigenvalue weighted by Gasteiger charge is 2.26. The summed E-state index contributed by atoms with van der Waals surface area (Å²) in [6.07, 6.45) is 6.37. The molecule has 1 heterocycles. The van der Waals surface area contributed by atoms with Crippen molar-refractivity contribution in [3.8, 4) is 0 Å². The fourth-order valence-corrected chi connectivity index (χ4v) is 3.88. The number of fused-ring (bicyclic) bond motifs is 1. The minimum absolute atomic E-state index is 0.482. The zero-order chi connectivity index (χ0) is 12.5. The summed E-state index contributed by atoms with van der Waals surface area (Å²) in [4.78, 5) is 0.527. The largest absolute Gasteiger partial charge is 0.459 e. The Labute approximate surface area is 121 Å². The lowest BCUT2D eigenvalue weighted by atomic mass is 9.97. The van der Waals surface area contributed by atoms with E-state index in [-0.39, 0.29) is 0 Å². The van der Waals surface area contributed by atoms with Crippen molar-refractivity contribution in [1.82, 2.24) is 0 Å². The van der Waals surface area contributed by atoms with Crippen molar-refractivity contribution in [1.29, 1.82) is 0 Å². The second-order valence-corrected chi connectivity index (χ2v) is 6.65. The molecule has 1 saturated carbocycles. The van der Waals surface area contributed by atoms with E-state index in [0.717, 1.165) is 16.7 Å². The molecule has 96 valence electrons. The summed E-state index contributed by atoms with van der Waals surface area (Å²) in [6, 6.07) is 8.08. The molecule has 0 radical (unpaired) electrons. The summed E-state index contributed by atoms with van der Waals surface area (Å²) in [5, 5.41) is 1.82. The van der Waals surface area contributed by atoms with E-state index in [2.05, 4.69) is 28.1 Å². The zero-order valence-corrected chi connectivity index (χ0v) is 12.5. The van der Waals surface area contributed by atoms with Crippen LogP contribution in [0.3, 0.4) is 0 Å². The van der Waals surface area contributed by atoms with Gasteiger partial charge in [0, 0.05) is 16.1 Å². The van der Waals surface area contributed by atoms with Crippen LogP contribution in [-0.2, 0) is 0 Å². The highest BCUT2D eigenvalue weighted by molar-refractivity contribution is 9.09. The van der Waals surface area contributed by atoms with Crippen molar-refractivity contribution in [3.63, 3.8) is 0 Å². The maximum atomic E-state index is 6.17. The molecular formula is C15H16BrClO. The quantitative estimate of drug-likeness (QED) is 0.469. The predicted octanol–water partition coefficient (Wildman–Crippen LogP) is 5.90. The third-order valence-corrected chi connectivity index (χ3v) is 5.21. The summed E-state index contributed by atoms with van der Waals surface area (Å²) in [5.74, 6) is 1.57. The van der Waals surface area contributed by atoms with Gasteiger partial charge in [-0.25, -0.2) is 0 Å². The fourth-order valence-electron chi connectivity index (χ4n) is 2.81. The minimum Gasteiger partial charge on any atom is -0.459 e. The van der Waals surface area contributed by atoms with Crippen LogP contribution in [0.15, 0.2) is 28.7 Å². The van der Waals surface area contributed by atoms with E-state index >= 15 is 0 Å². The number of rotatable bonds is 1. The first kappa shape index (κ1) is 12.6.